The van der Waals surface area contributed by atoms with Crippen molar-refractivity contribution in [1.29, 1.82) is 0 Å². The van der Waals surface area contributed by atoms with Crippen molar-refractivity contribution in [2.45, 2.75) is 13.0 Å². The molecular formula is C13H11BrFNO. The molecule has 1 unspecified atom stereocenters. The molecule has 1 saturated heterocycles. The lowest BCUT2D eigenvalue weighted by Crippen LogP contribution is -2.24. The van der Waals surface area contributed by atoms with Gasteiger partial charge in [0.1, 0.15) is 5.82 Å². The number of rotatable bonds is 2. The largest absolute Gasteiger partial charge is 0.337 e. The summed E-state index contributed by atoms with van der Waals surface area (Å²) >= 11 is 3.34. The van der Waals surface area contributed by atoms with Gasteiger partial charge in [-0.1, -0.05) is 15.9 Å². The van der Waals surface area contributed by atoms with Gasteiger partial charge in [0.15, 0.2) is 0 Å². The minimum atomic E-state index is -0.302. The van der Waals surface area contributed by atoms with Crippen LogP contribution in [0.4, 0.5) is 4.39 Å². The fourth-order valence-electron chi connectivity index (χ4n) is 1.91. The molecule has 0 saturated carbocycles. The quantitative estimate of drug-likeness (QED) is 0.768. The van der Waals surface area contributed by atoms with Gasteiger partial charge < -0.3 is 4.90 Å². The van der Waals surface area contributed by atoms with Crippen molar-refractivity contribution in [3.8, 4) is 12.3 Å². The summed E-state index contributed by atoms with van der Waals surface area (Å²) in [4.78, 5) is 13.3. The number of carbonyl (C=O) groups excluding carboxylic acids is 1. The minimum absolute atomic E-state index is 0.0187. The van der Waals surface area contributed by atoms with E-state index in [-0.39, 0.29) is 17.6 Å². The molecule has 0 aliphatic carbocycles. The molecule has 1 fully saturated rings. The molecule has 2 rings (SSSR count). The first-order valence-corrected chi connectivity index (χ1v) is 6.07. The number of benzene rings is 1. The van der Waals surface area contributed by atoms with Gasteiger partial charge in [-0.05, 0) is 23.8 Å². The predicted octanol–water partition coefficient (Wildman–Crippen LogP) is 2.57. The highest BCUT2D eigenvalue weighted by atomic mass is 79.9. The van der Waals surface area contributed by atoms with Gasteiger partial charge in [-0.3, -0.25) is 4.79 Å². The Kier molecular flexibility index (Phi) is 3.49. The van der Waals surface area contributed by atoms with Crippen molar-refractivity contribution < 1.29 is 9.18 Å². The Morgan fingerprint density at radius 1 is 1.59 bits per heavy atom. The maximum Gasteiger partial charge on any atom is 0.224 e. The molecule has 0 N–H and O–H groups in total. The third-order valence-corrected chi connectivity index (χ3v) is 3.59. The average Bonchev–Trinajstić information content (AvgIpc) is 2.65. The summed E-state index contributed by atoms with van der Waals surface area (Å²) in [5.74, 6) is 2.30. The Hall–Kier alpha value is -1.34. The van der Waals surface area contributed by atoms with E-state index < -0.39 is 0 Å². The minimum Gasteiger partial charge on any atom is -0.337 e. The van der Waals surface area contributed by atoms with Crippen LogP contribution in [0.2, 0.25) is 0 Å². The summed E-state index contributed by atoms with van der Waals surface area (Å²) in [5.41, 5.74) is 0.760. The van der Waals surface area contributed by atoms with Crippen LogP contribution in [-0.4, -0.2) is 17.4 Å². The van der Waals surface area contributed by atoms with E-state index in [2.05, 4.69) is 21.9 Å². The molecule has 4 heteroatoms. The lowest BCUT2D eigenvalue weighted by Gasteiger charge is -2.16. The summed E-state index contributed by atoms with van der Waals surface area (Å²) < 4.78 is 13.9. The second-order valence-electron chi connectivity index (χ2n) is 4.08. The maximum atomic E-state index is 13.1. The van der Waals surface area contributed by atoms with E-state index in [1.807, 2.05) is 0 Å². The Morgan fingerprint density at radius 3 is 3.00 bits per heavy atom. The topological polar surface area (TPSA) is 20.3 Å². The first-order valence-electron chi connectivity index (χ1n) is 5.28. The highest BCUT2D eigenvalue weighted by Gasteiger charge is 2.28. The highest BCUT2D eigenvalue weighted by Crippen LogP contribution is 2.24. The molecule has 0 spiro atoms. The van der Waals surface area contributed by atoms with Crippen LogP contribution in [0.25, 0.3) is 0 Å². The van der Waals surface area contributed by atoms with E-state index in [1.54, 1.807) is 11.0 Å². The van der Waals surface area contributed by atoms with E-state index in [4.69, 9.17) is 6.42 Å². The number of halogens is 2. The molecule has 0 bridgehead atoms. The number of hydrogen-bond acceptors (Lipinski definition) is 1. The molecule has 1 atom stereocenters. The molecule has 1 aliphatic rings. The van der Waals surface area contributed by atoms with E-state index in [9.17, 15) is 9.18 Å². The van der Waals surface area contributed by atoms with E-state index in [0.29, 0.717) is 19.5 Å². The molecule has 2 nitrogen and oxygen atoms in total. The van der Waals surface area contributed by atoms with E-state index >= 15 is 0 Å². The zero-order chi connectivity index (χ0) is 12.4. The molecule has 0 aromatic heterocycles. The number of likely N-dealkylation sites (tertiary alicyclic amines) is 1. The highest BCUT2D eigenvalue weighted by molar-refractivity contribution is 9.10. The van der Waals surface area contributed by atoms with Crippen molar-refractivity contribution in [1.82, 2.24) is 4.90 Å². The summed E-state index contributed by atoms with van der Waals surface area (Å²) in [5, 5.41) is 0. The van der Waals surface area contributed by atoms with Crippen molar-refractivity contribution in [3.05, 3.63) is 34.1 Å². The van der Waals surface area contributed by atoms with Crippen LogP contribution in [0.1, 0.15) is 12.0 Å². The number of carbonyl (C=O) groups is 1. The summed E-state index contributed by atoms with van der Waals surface area (Å²) in [6, 6.07) is 4.45. The summed E-state index contributed by atoms with van der Waals surface area (Å²) in [7, 11) is 0. The SMILES string of the molecule is C#CC1CC(=O)N(Cc2cc(F)ccc2Br)C1. The van der Waals surface area contributed by atoms with Crippen LogP contribution in [0, 0.1) is 24.1 Å². The van der Waals surface area contributed by atoms with Gasteiger partial charge in [0.2, 0.25) is 5.91 Å². The third-order valence-electron chi connectivity index (χ3n) is 2.82. The predicted molar refractivity (Wildman–Crippen MR) is 66.5 cm³/mol. The van der Waals surface area contributed by atoms with Crippen molar-refractivity contribution in [2.75, 3.05) is 6.54 Å². The zero-order valence-corrected chi connectivity index (χ0v) is 10.7. The number of terminal acetylenes is 1. The summed E-state index contributed by atoms with van der Waals surface area (Å²) in [6.07, 6.45) is 5.70. The fourth-order valence-corrected chi connectivity index (χ4v) is 2.28. The van der Waals surface area contributed by atoms with Crippen LogP contribution < -0.4 is 0 Å². The van der Waals surface area contributed by atoms with Gasteiger partial charge in [0, 0.05) is 29.9 Å². The Labute approximate surface area is 108 Å². The van der Waals surface area contributed by atoms with Gasteiger partial charge in [-0.15, -0.1) is 12.3 Å². The van der Waals surface area contributed by atoms with Crippen LogP contribution in [-0.2, 0) is 11.3 Å². The van der Waals surface area contributed by atoms with Crippen molar-refractivity contribution >= 4 is 21.8 Å². The summed E-state index contributed by atoms with van der Waals surface area (Å²) in [6.45, 7) is 0.952. The van der Waals surface area contributed by atoms with E-state index in [1.165, 1.54) is 12.1 Å². The monoisotopic (exact) mass is 295 g/mol. The van der Waals surface area contributed by atoms with Gasteiger partial charge in [-0.25, -0.2) is 4.39 Å². The molecular weight excluding hydrogens is 285 g/mol. The molecule has 1 aromatic rings. The van der Waals surface area contributed by atoms with Gasteiger partial charge in [0.05, 0.1) is 0 Å². The standard InChI is InChI=1S/C13H11BrFNO/c1-2-9-5-13(17)16(7-9)8-10-6-11(15)3-4-12(10)14/h1,3-4,6,9H,5,7-8H2. The molecule has 1 heterocycles. The molecule has 17 heavy (non-hydrogen) atoms. The Morgan fingerprint density at radius 2 is 2.35 bits per heavy atom. The first kappa shape index (κ1) is 12.1. The molecule has 1 aliphatic heterocycles. The first-order chi connectivity index (χ1) is 8.10. The number of amides is 1. The van der Waals surface area contributed by atoms with Crippen LogP contribution in [0.5, 0.6) is 0 Å². The maximum absolute atomic E-state index is 13.1. The number of hydrogen-bond donors (Lipinski definition) is 0. The smallest absolute Gasteiger partial charge is 0.224 e. The van der Waals surface area contributed by atoms with Crippen LogP contribution in [0.15, 0.2) is 22.7 Å². The Bertz CT molecular complexity index is 495. The van der Waals surface area contributed by atoms with E-state index in [0.717, 1.165) is 10.0 Å². The molecule has 88 valence electrons. The van der Waals surface area contributed by atoms with Crippen LogP contribution in [0.3, 0.4) is 0 Å². The van der Waals surface area contributed by atoms with Crippen molar-refractivity contribution in [3.63, 3.8) is 0 Å². The van der Waals surface area contributed by atoms with Gasteiger partial charge >= 0.3 is 0 Å². The van der Waals surface area contributed by atoms with Crippen molar-refractivity contribution in [2.24, 2.45) is 5.92 Å². The zero-order valence-electron chi connectivity index (χ0n) is 9.12. The van der Waals surface area contributed by atoms with Crippen LogP contribution >= 0.6 is 15.9 Å². The second-order valence-corrected chi connectivity index (χ2v) is 4.93. The Balaban J connectivity index is 2.14. The molecule has 0 radical (unpaired) electrons. The second kappa shape index (κ2) is 4.89. The lowest BCUT2D eigenvalue weighted by molar-refractivity contribution is -0.128. The lowest BCUT2D eigenvalue weighted by atomic mass is 10.1. The third kappa shape index (κ3) is 2.67. The molecule has 1 aromatic carbocycles. The fraction of sp³-hybridized carbons (Fsp3) is 0.308. The normalized spacial score (nSPS) is 19.5. The van der Waals surface area contributed by atoms with Gasteiger partial charge in [0.25, 0.3) is 0 Å². The van der Waals surface area contributed by atoms with Gasteiger partial charge in [-0.2, -0.15) is 0 Å². The average molecular weight is 296 g/mol. The number of nitrogens with zero attached hydrogens (tertiary/aromatic N) is 1. The molecule has 1 amide bonds.